The second kappa shape index (κ2) is 9.50. The Labute approximate surface area is 218 Å². The molecular formula is C29H34N4O3Si. The Kier molecular flexibility index (Phi) is 6.49. The predicted octanol–water partition coefficient (Wildman–Crippen LogP) is 6.18. The summed E-state index contributed by atoms with van der Waals surface area (Å²) >= 11 is 0. The van der Waals surface area contributed by atoms with Crippen molar-refractivity contribution in [3.05, 3.63) is 71.7 Å². The van der Waals surface area contributed by atoms with Crippen LogP contribution in [0.3, 0.4) is 0 Å². The first-order valence-electron chi connectivity index (χ1n) is 12.9. The molecule has 37 heavy (non-hydrogen) atoms. The Balaban J connectivity index is 1.43. The number of pyridine rings is 1. The minimum atomic E-state index is -1.79. The maximum Gasteiger partial charge on any atom is 0.261 e. The van der Waals surface area contributed by atoms with Crippen molar-refractivity contribution in [1.29, 1.82) is 0 Å². The molecule has 2 amide bonds. The van der Waals surface area contributed by atoms with Gasteiger partial charge in [-0.25, -0.2) is 4.98 Å². The second-order valence-electron chi connectivity index (χ2n) is 11.2. The van der Waals surface area contributed by atoms with Crippen molar-refractivity contribution in [2.45, 2.75) is 64.8 Å². The number of hydrogen-bond donors (Lipinski definition) is 0. The number of carbonyl (C=O) groups is 2. The third kappa shape index (κ3) is 4.60. The summed E-state index contributed by atoms with van der Waals surface area (Å²) in [6.07, 6.45) is 3.59. The van der Waals surface area contributed by atoms with E-state index in [0.717, 1.165) is 41.4 Å². The summed E-state index contributed by atoms with van der Waals surface area (Å²) < 4.78 is 8.54. The number of unbranched alkanes of at least 4 members (excludes halogenated alkanes) is 1. The van der Waals surface area contributed by atoms with Crippen LogP contribution in [0.1, 0.15) is 60.2 Å². The van der Waals surface area contributed by atoms with Gasteiger partial charge in [-0.2, -0.15) is 0 Å². The molecule has 0 atom stereocenters. The van der Waals surface area contributed by atoms with Crippen molar-refractivity contribution < 1.29 is 14.0 Å². The van der Waals surface area contributed by atoms with E-state index in [1.165, 1.54) is 4.90 Å². The zero-order valence-corrected chi connectivity index (χ0v) is 23.2. The van der Waals surface area contributed by atoms with E-state index < -0.39 is 8.32 Å². The Hall–Kier alpha value is -3.36. The molecular weight excluding hydrogens is 480 g/mol. The van der Waals surface area contributed by atoms with Gasteiger partial charge in [-0.3, -0.25) is 19.5 Å². The number of amides is 2. The Morgan fingerprint density at radius 1 is 0.892 bits per heavy atom. The van der Waals surface area contributed by atoms with Gasteiger partial charge in [-0.15, -0.1) is 0 Å². The van der Waals surface area contributed by atoms with Gasteiger partial charge in [0.25, 0.3) is 11.8 Å². The van der Waals surface area contributed by atoms with Crippen LogP contribution in [0.5, 0.6) is 0 Å². The van der Waals surface area contributed by atoms with Crippen molar-refractivity contribution >= 4 is 42.1 Å². The Bertz CT molecular complexity index is 1470. The summed E-state index contributed by atoms with van der Waals surface area (Å²) in [6, 6.07) is 15.0. The van der Waals surface area contributed by atoms with Crippen molar-refractivity contribution in [2.75, 3.05) is 6.61 Å². The maximum atomic E-state index is 13.1. The SMILES string of the molecule is CC(C)(C)[Si](C)(C)OCCCCn1c(CN2C(=O)c3ccccc3C2=O)nc2cnc3ccccc3c21. The topological polar surface area (TPSA) is 77.3 Å². The van der Waals surface area contributed by atoms with Crippen LogP contribution in [-0.4, -0.2) is 46.2 Å². The zero-order chi connectivity index (χ0) is 26.4. The summed E-state index contributed by atoms with van der Waals surface area (Å²) in [7, 11) is -1.79. The van der Waals surface area contributed by atoms with Crippen LogP contribution >= 0.6 is 0 Å². The van der Waals surface area contributed by atoms with Crippen LogP contribution in [0.15, 0.2) is 54.7 Å². The van der Waals surface area contributed by atoms with Crippen molar-refractivity contribution in [2.24, 2.45) is 0 Å². The first-order chi connectivity index (χ1) is 17.6. The largest absolute Gasteiger partial charge is 0.417 e. The number of aryl methyl sites for hydroxylation is 1. The Morgan fingerprint density at radius 3 is 2.22 bits per heavy atom. The molecule has 0 unspecified atom stereocenters. The summed E-state index contributed by atoms with van der Waals surface area (Å²) in [4.78, 5) is 36.9. The van der Waals surface area contributed by atoms with Crippen LogP contribution in [0.4, 0.5) is 0 Å². The van der Waals surface area contributed by atoms with E-state index >= 15 is 0 Å². The van der Waals surface area contributed by atoms with E-state index in [1.54, 1.807) is 30.5 Å². The lowest BCUT2D eigenvalue weighted by Crippen LogP contribution is -2.41. The Morgan fingerprint density at radius 2 is 1.54 bits per heavy atom. The average Bonchev–Trinajstić information content (AvgIpc) is 3.34. The number of hydrogen-bond acceptors (Lipinski definition) is 5. The van der Waals surface area contributed by atoms with Crippen LogP contribution in [0.25, 0.3) is 21.9 Å². The van der Waals surface area contributed by atoms with Crippen molar-refractivity contribution in [3.63, 3.8) is 0 Å². The molecule has 0 fully saturated rings. The molecule has 0 aliphatic carbocycles. The number of carbonyl (C=O) groups excluding carboxylic acids is 2. The van der Waals surface area contributed by atoms with Gasteiger partial charge in [0.15, 0.2) is 8.32 Å². The number of imide groups is 1. The number of rotatable bonds is 8. The quantitative estimate of drug-likeness (QED) is 0.159. The van der Waals surface area contributed by atoms with Gasteiger partial charge in [-0.1, -0.05) is 51.1 Å². The number of imidazole rings is 1. The number of aromatic nitrogens is 3. The standard InChI is InChI=1S/C29H34N4O3Si/c1-29(2,3)37(4,5)36-17-11-10-16-32-25(19-33-27(34)20-12-6-7-13-21(20)28(33)35)31-24-18-30-23-15-9-8-14-22(23)26(24)32/h6-9,12-15,18H,10-11,16-17,19H2,1-5H3. The van der Waals surface area contributed by atoms with E-state index in [1.807, 2.05) is 18.2 Å². The fraction of sp³-hybridized carbons (Fsp3) is 0.379. The maximum absolute atomic E-state index is 13.1. The minimum absolute atomic E-state index is 0.121. The zero-order valence-electron chi connectivity index (χ0n) is 22.2. The molecule has 0 bridgehead atoms. The van der Waals surface area contributed by atoms with E-state index in [2.05, 4.69) is 49.5 Å². The third-order valence-corrected chi connectivity index (χ3v) is 12.3. The number of fused-ring (bicyclic) bond motifs is 4. The summed E-state index contributed by atoms with van der Waals surface area (Å²) in [5.41, 5.74) is 3.55. The summed E-state index contributed by atoms with van der Waals surface area (Å²) in [6.45, 7) is 12.9. The predicted molar refractivity (Wildman–Crippen MR) is 148 cm³/mol. The average molecular weight is 515 g/mol. The lowest BCUT2D eigenvalue weighted by Gasteiger charge is -2.36. The third-order valence-electron chi connectivity index (χ3n) is 7.78. The van der Waals surface area contributed by atoms with Crippen molar-refractivity contribution in [3.8, 4) is 0 Å². The molecule has 0 radical (unpaired) electrons. The fourth-order valence-corrected chi connectivity index (χ4v) is 5.70. The lowest BCUT2D eigenvalue weighted by molar-refractivity contribution is 0.0636. The highest BCUT2D eigenvalue weighted by atomic mass is 28.4. The van der Waals surface area contributed by atoms with Crippen LogP contribution < -0.4 is 0 Å². The van der Waals surface area contributed by atoms with Crippen LogP contribution in [0.2, 0.25) is 18.1 Å². The molecule has 0 saturated carbocycles. The summed E-state index contributed by atoms with van der Waals surface area (Å²) in [5.74, 6) is 0.142. The number of nitrogens with zero attached hydrogens (tertiary/aromatic N) is 4. The van der Waals surface area contributed by atoms with E-state index in [0.29, 0.717) is 23.5 Å². The number of para-hydroxylation sites is 1. The molecule has 0 N–H and O–H groups in total. The first kappa shape index (κ1) is 25.3. The molecule has 192 valence electrons. The summed E-state index contributed by atoms with van der Waals surface area (Å²) in [5, 5.41) is 1.19. The molecule has 3 heterocycles. The molecule has 7 nitrogen and oxygen atoms in total. The van der Waals surface area contributed by atoms with E-state index in [9.17, 15) is 9.59 Å². The number of benzene rings is 2. The lowest BCUT2D eigenvalue weighted by atomic mass is 10.1. The molecule has 5 rings (SSSR count). The van der Waals surface area contributed by atoms with Gasteiger partial charge in [-0.05, 0) is 49.2 Å². The highest BCUT2D eigenvalue weighted by Crippen LogP contribution is 2.36. The molecule has 2 aromatic carbocycles. The second-order valence-corrected chi connectivity index (χ2v) is 16.1. The molecule has 8 heteroatoms. The van der Waals surface area contributed by atoms with Crippen LogP contribution in [-0.2, 0) is 17.5 Å². The molecule has 4 aromatic rings. The van der Waals surface area contributed by atoms with Gasteiger partial charge < -0.3 is 8.99 Å². The van der Waals surface area contributed by atoms with Gasteiger partial charge in [0.05, 0.1) is 34.9 Å². The molecule has 0 saturated heterocycles. The molecule has 1 aliphatic heterocycles. The monoisotopic (exact) mass is 514 g/mol. The minimum Gasteiger partial charge on any atom is -0.417 e. The van der Waals surface area contributed by atoms with Gasteiger partial charge in [0, 0.05) is 18.5 Å². The van der Waals surface area contributed by atoms with Gasteiger partial charge in [0.2, 0.25) is 0 Å². The van der Waals surface area contributed by atoms with Crippen molar-refractivity contribution in [1.82, 2.24) is 19.4 Å². The highest BCUT2D eigenvalue weighted by Gasteiger charge is 2.37. The molecule has 1 aliphatic rings. The normalized spacial score (nSPS) is 14.2. The van der Waals surface area contributed by atoms with E-state index in [4.69, 9.17) is 9.41 Å². The van der Waals surface area contributed by atoms with Crippen LogP contribution in [0, 0.1) is 0 Å². The fourth-order valence-electron chi connectivity index (χ4n) is 4.61. The van der Waals surface area contributed by atoms with Gasteiger partial charge >= 0.3 is 0 Å². The van der Waals surface area contributed by atoms with Gasteiger partial charge in [0.1, 0.15) is 11.3 Å². The molecule has 0 spiro atoms. The van der Waals surface area contributed by atoms with E-state index in [-0.39, 0.29) is 23.4 Å². The highest BCUT2D eigenvalue weighted by molar-refractivity contribution is 6.74. The molecule has 2 aromatic heterocycles. The first-order valence-corrected chi connectivity index (χ1v) is 15.8. The smallest absolute Gasteiger partial charge is 0.261 e.